The Morgan fingerprint density at radius 3 is 2.34 bits per heavy atom. The van der Waals surface area contributed by atoms with Crippen LogP contribution >= 0.6 is 0 Å². The second kappa shape index (κ2) is 15.0. The van der Waals surface area contributed by atoms with Gasteiger partial charge in [0.2, 0.25) is 0 Å². The fourth-order valence-corrected chi connectivity index (χ4v) is 3.09. The molecule has 0 aliphatic heterocycles. The van der Waals surface area contributed by atoms with Crippen molar-refractivity contribution in [2.24, 2.45) is 4.99 Å². The van der Waals surface area contributed by atoms with E-state index in [1.54, 1.807) is 14.2 Å². The third-order valence-corrected chi connectivity index (χ3v) is 4.71. The van der Waals surface area contributed by atoms with Gasteiger partial charge in [-0.3, -0.25) is 0 Å². The summed E-state index contributed by atoms with van der Waals surface area (Å²) in [5.41, 5.74) is 2.36. The van der Waals surface area contributed by atoms with Crippen molar-refractivity contribution in [3.63, 3.8) is 0 Å². The van der Waals surface area contributed by atoms with Crippen LogP contribution in [-0.2, 0) is 17.7 Å². The lowest BCUT2D eigenvalue weighted by atomic mass is 10.1. The molecule has 0 fully saturated rings. The molecule has 2 aromatic rings. The van der Waals surface area contributed by atoms with E-state index in [0.29, 0.717) is 26.4 Å². The molecule has 0 saturated carbocycles. The average molecular weight is 444 g/mol. The van der Waals surface area contributed by atoms with Crippen LogP contribution in [0.15, 0.2) is 47.5 Å². The summed E-state index contributed by atoms with van der Waals surface area (Å²) in [6.07, 6.45) is 1.93. The number of guanidine groups is 1. The van der Waals surface area contributed by atoms with Gasteiger partial charge < -0.3 is 29.6 Å². The van der Waals surface area contributed by atoms with Gasteiger partial charge in [0.05, 0.1) is 26.9 Å². The van der Waals surface area contributed by atoms with Crippen LogP contribution in [0.25, 0.3) is 0 Å². The molecule has 0 saturated heterocycles. The smallest absolute Gasteiger partial charge is 0.191 e. The number of hydrogen-bond acceptors (Lipinski definition) is 5. The lowest BCUT2D eigenvalue weighted by Gasteiger charge is -2.13. The van der Waals surface area contributed by atoms with Crippen LogP contribution in [0, 0.1) is 0 Å². The van der Waals surface area contributed by atoms with E-state index in [1.807, 2.05) is 37.3 Å². The molecule has 2 aromatic carbocycles. The Balaban J connectivity index is 1.81. The minimum atomic E-state index is 0.548. The molecule has 0 radical (unpaired) electrons. The van der Waals surface area contributed by atoms with Crippen LogP contribution in [0.2, 0.25) is 0 Å². The van der Waals surface area contributed by atoms with Gasteiger partial charge in [-0.2, -0.15) is 0 Å². The SMILES string of the molecule is CCNC(=NCc1ccc(OCCOC)cc1)NCCCc1ccc(OC)c(OCC)c1. The molecule has 0 heterocycles. The third kappa shape index (κ3) is 9.06. The summed E-state index contributed by atoms with van der Waals surface area (Å²) in [6.45, 7) is 8.03. The van der Waals surface area contributed by atoms with Crippen LogP contribution in [0.1, 0.15) is 31.4 Å². The highest BCUT2D eigenvalue weighted by Gasteiger charge is 2.06. The molecule has 0 bridgehead atoms. The highest BCUT2D eigenvalue weighted by Crippen LogP contribution is 2.28. The van der Waals surface area contributed by atoms with Gasteiger partial charge in [0.25, 0.3) is 0 Å². The van der Waals surface area contributed by atoms with Crippen molar-refractivity contribution >= 4 is 5.96 Å². The molecular weight excluding hydrogens is 406 g/mol. The van der Waals surface area contributed by atoms with Crippen LogP contribution in [0.4, 0.5) is 0 Å². The van der Waals surface area contributed by atoms with E-state index in [4.69, 9.17) is 23.9 Å². The first kappa shape index (κ1) is 25.3. The number of ether oxygens (including phenoxy) is 4. The Kier molecular flexibility index (Phi) is 11.8. The second-order valence-electron chi connectivity index (χ2n) is 7.13. The monoisotopic (exact) mass is 443 g/mol. The van der Waals surface area contributed by atoms with Crippen molar-refractivity contribution in [1.29, 1.82) is 0 Å². The average Bonchev–Trinajstić information content (AvgIpc) is 2.81. The normalized spacial score (nSPS) is 11.2. The van der Waals surface area contributed by atoms with Crippen LogP contribution in [0.3, 0.4) is 0 Å². The standard InChI is InChI=1S/C25H37N3O4/c1-5-26-25(28-19-21-9-12-22(13-10-21)32-17-16-29-3)27-15-7-8-20-11-14-23(30-4)24(18-20)31-6-2/h9-14,18H,5-8,15-17,19H2,1-4H3,(H2,26,27,28). The number of aliphatic imine (C=N–C) groups is 1. The van der Waals surface area contributed by atoms with Crippen molar-refractivity contribution in [3.8, 4) is 17.2 Å². The maximum absolute atomic E-state index is 5.67. The molecule has 2 rings (SSSR count). The molecule has 176 valence electrons. The summed E-state index contributed by atoms with van der Waals surface area (Å²) in [7, 11) is 3.33. The van der Waals surface area contributed by atoms with Gasteiger partial charge in [0, 0.05) is 20.2 Å². The molecule has 7 heteroatoms. The molecule has 7 nitrogen and oxygen atoms in total. The second-order valence-corrected chi connectivity index (χ2v) is 7.13. The highest BCUT2D eigenvalue weighted by molar-refractivity contribution is 5.79. The largest absolute Gasteiger partial charge is 0.493 e. The van der Waals surface area contributed by atoms with Crippen LogP contribution in [-0.4, -0.2) is 53.1 Å². The Hall–Kier alpha value is -2.93. The minimum absolute atomic E-state index is 0.548. The molecule has 2 N–H and O–H groups in total. The summed E-state index contributed by atoms with van der Waals surface area (Å²) in [5.74, 6) is 3.22. The van der Waals surface area contributed by atoms with Gasteiger partial charge in [-0.1, -0.05) is 18.2 Å². The number of nitrogens with one attached hydrogen (secondary N) is 2. The van der Waals surface area contributed by atoms with E-state index >= 15 is 0 Å². The number of hydrogen-bond donors (Lipinski definition) is 2. The molecular formula is C25H37N3O4. The van der Waals surface area contributed by atoms with E-state index in [2.05, 4.69) is 29.7 Å². The molecule has 0 amide bonds. The number of benzene rings is 2. The van der Waals surface area contributed by atoms with Gasteiger partial charge in [-0.05, 0) is 62.1 Å². The number of aryl methyl sites for hydroxylation is 1. The molecule has 0 unspecified atom stereocenters. The highest BCUT2D eigenvalue weighted by atomic mass is 16.5. The van der Waals surface area contributed by atoms with E-state index < -0.39 is 0 Å². The predicted molar refractivity (Wildman–Crippen MR) is 129 cm³/mol. The van der Waals surface area contributed by atoms with E-state index in [0.717, 1.165) is 54.7 Å². The van der Waals surface area contributed by atoms with E-state index in [9.17, 15) is 0 Å². The van der Waals surface area contributed by atoms with Gasteiger partial charge in [0.15, 0.2) is 17.5 Å². The van der Waals surface area contributed by atoms with Crippen molar-refractivity contribution in [1.82, 2.24) is 10.6 Å². The third-order valence-electron chi connectivity index (χ3n) is 4.71. The topological polar surface area (TPSA) is 73.3 Å². The summed E-state index contributed by atoms with van der Waals surface area (Å²) in [5, 5.41) is 6.72. The number of methoxy groups -OCH3 is 2. The van der Waals surface area contributed by atoms with Gasteiger partial charge in [-0.15, -0.1) is 0 Å². The summed E-state index contributed by atoms with van der Waals surface area (Å²) in [4.78, 5) is 4.69. The molecule has 32 heavy (non-hydrogen) atoms. The Bertz CT molecular complexity index is 809. The predicted octanol–water partition coefficient (Wildman–Crippen LogP) is 3.81. The first-order chi connectivity index (χ1) is 15.7. The lowest BCUT2D eigenvalue weighted by Crippen LogP contribution is -2.37. The quantitative estimate of drug-likeness (QED) is 0.263. The zero-order valence-electron chi connectivity index (χ0n) is 19.8. The summed E-state index contributed by atoms with van der Waals surface area (Å²) < 4.78 is 21.6. The molecule has 0 spiro atoms. The number of rotatable bonds is 14. The Labute approximate surface area is 192 Å². The fraction of sp³-hybridized carbons (Fsp3) is 0.480. The van der Waals surface area contributed by atoms with Crippen LogP contribution < -0.4 is 24.8 Å². The molecule has 0 aliphatic rings. The Morgan fingerprint density at radius 1 is 0.875 bits per heavy atom. The van der Waals surface area contributed by atoms with Gasteiger partial charge in [0.1, 0.15) is 12.4 Å². The maximum atomic E-state index is 5.67. The lowest BCUT2D eigenvalue weighted by molar-refractivity contribution is 0.146. The zero-order valence-corrected chi connectivity index (χ0v) is 19.8. The first-order valence-electron chi connectivity index (χ1n) is 11.2. The van der Waals surface area contributed by atoms with E-state index in [1.165, 1.54) is 5.56 Å². The summed E-state index contributed by atoms with van der Waals surface area (Å²) in [6, 6.07) is 14.1. The molecule has 0 aromatic heterocycles. The summed E-state index contributed by atoms with van der Waals surface area (Å²) >= 11 is 0. The maximum Gasteiger partial charge on any atom is 0.191 e. The number of nitrogens with zero attached hydrogens (tertiary/aromatic N) is 1. The first-order valence-corrected chi connectivity index (χ1v) is 11.2. The van der Waals surface area contributed by atoms with Crippen molar-refractivity contribution in [3.05, 3.63) is 53.6 Å². The minimum Gasteiger partial charge on any atom is -0.493 e. The van der Waals surface area contributed by atoms with Gasteiger partial charge >= 0.3 is 0 Å². The van der Waals surface area contributed by atoms with Crippen LogP contribution in [0.5, 0.6) is 17.2 Å². The van der Waals surface area contributed by atoms with Crippen molar-refractivity contribution in [2.75, 3.05) is 47.1 Å². The van der Waals surface area contributed by atoms with Gasteiger partial charge in [-0.25, -0.2) is 4.99 Å². The Morgan fingerprint density at radius 2 is 1.66 bits per heavy atom. The van der Waals surface area contributed by atoms with Crippen molar-refractivity contribution in [2.45, 2.75) is 33.2 Å². The van der Waals surface area contributed by atoms with Crippen molar-refractivity contribution < 1.29 is 18.9 Å². The fourth-order valence-electron chi connectivity index (χ4n) is 3.09. The molecule has 0 atom stereocenters. The van der Waals surface area contributed by atoms with E-state index in [-0.39, 0.29) is 0 Å². The zero-order chi connectivity index (χ0) is 23.0. The molecule has 0 aliphatic carbocycles.